The minimum atomic E-state index is -0.624. The molecule has 0 saturated heterocycles. The van der Waals surface area contributed by atoms with Gasteiger partial charge < -0.3 is 10.1 Å². The Labute approximate surface area is 161 Å². The van der Waals surface area contributed by atoms with Crippen LogP contribution in [-0.2, 0) is 25.5 Å². The molecule has 6 nitrogen and oxygen atoms in total. The van der Waals surface area contributed by atoms with Crippen molar-refractivity contribution in [2.24, 2.45) is 0 Å². The third-order valence-corrected chi connectivity index (χ3v) is 5.15. The SMILES string of the molecule is CCc1ccc(NC(=O)COC(=O)CN2C(=O)CSc3ccccc32)cc1. The highest BCUT2D eigenvalue weighted by molar-refractivity contribution is 8.00. The lowest BCUT2D eigenvalue weighted by molar-refractivity contribution is -0.146. The van der Waals surface area contributed by atoms with Crippen molar-refractivity contribution in [2.45, 2.75) is 18.2 Å². The lowest BCUT2D eigenvalue weighted by Crippen LogP contribution is -2.40. The number of nitrogens with one attached hydrogen (secondary N) is 1. The first-order valence-corrected chi connectivity index (χ1v) is 9.62. The van der Waals surface area contributed by atoms with Crippen molar-refractivity contribution < 1.29 is 19.1 Å². The number of benzene rings is 2. The molecule has 2 aromatic carbocycles. The van der Waals surface area contributed by atoms with Crippen molar-refractivity contribution in [2.75, 3.05) is 29.1 Å². The number of aryl methyl sites for hydroxylation is 1. The van der Waals surface area contributed by atoms with Gasteiger partial charge in [0.25, 0.3) is 5.91 Å². The summed E-state index contributed by atoms with van der Waals surface area (Å²) in [6.45, 7) is 1.44. The number of thioether (sulfide) groups is 1. The summed E-state index contributed by atoms with van der Waals surface area (Å²) in [6.07, 6.45) is 0.919. The summed E-state index contributed by atoms with van der Waals surface area (Å²) in [6, 6.07) is 14.9. The van der Waals surface area contributed by atoms with Crippen LogP contribution >= 0.6 is 11.8 Å². The Kier molecular flexibility index (Phi) is 6.13. The highest BCUT2D eigenvalue weighted by Crippen LogP contribution is 2.34. The van der Waals surface area contributed by atoms with Gasteiger partial charge in [0.05, 0.1) is 11.4 Å². The summed E-state index contributed by atoms with van der Waals surface area (Å²) >= 11 is 1.44. The second-order valence-corrected chi connectivity index (χ2v) is 7.01. The zero-order valence-electron chi connectivity index (χ0n) is 14.9. The maximum atomic E-state index is 12.1. The molecule has 27 heavy (non-hydrogen) atoms. The van der Waals surface area contributed by atoms with E-state index >= 15 is 0 Å². The normalized spacial score (nSPS) is 13.1. The quantitative estimate of drug-likeness (QED) is 0.775. The highest BCUT2D eigenvalue weighted by atomic mass is 32.2. The van der Waals surface area contributed by atoms with Gasteiger partial charge in [0, 0.05) is 10.6 Å². The molecule has 1 aliphatic heterocycles. The smallest absolute Gasteiger partial charge is 0.326 e. The van der Waals surface area contributed by atoms with E-state index in [2.05, 4.69) is 12.2 Å². The number of anilines is 2. The number of esters is 1. The number of fused-ring (bicyclic) bond motifs is 1. The Bertz CT molecular complexity index is 851. The van der Waals surface area contributed by atoms with E-state index < -0.39 is 18.5 Å². The van der Waals surface area contributed by atoms with Crippen LogP contribution in [0.5, 0.6) is 0 Å². The lowest BCUT2D eigenvalue weighted by Gasteiger charge is -2.27. The molecular formula is C20H20N2O4S. The minimum Gasteiger partial charge on any atom is -0.454 e. The molecule has 0 fully saturated rings. The number of rotatable bonds is 6. The summed E-state index contributed by atoms with van der Waals surface area (Å²) in [5.41, 5.74) is 2.51. The molecule has 0 bridgehead atoms. The Morgan fingerprint density at radius 2 is 1.89 bits per heavy atom. The molecule has 0 atom stereocenters. The van der Waals surface area contributed by atoms with Crippen molar-refractivity contribution in [3.05, 3.63) is 54.1 Å². The molecule has 7 heteroatoms. The largest absolute Gasteiger partial charge is 0.454 e. The molecule has 0 saturated carbocycles. The van der Waals surface area contributed by atoms with Crippen LogP contribution in [0.3, 0.4) is 0 Å². The fraction of sp³-hybridized carbons (Fsp3) is 0.250. The first-order chi connectivity index (χ1) is 13.1. The second kappa shape index (κ2) is 8.73. The molecule has 2 amide bonds. The number of para-hydroxylation sites is 1. The molecule has 0 aromatic heterocycles. The van der Waals surface area contributed by atoms with Gasteiger partial charge in [0.1, 0.15) is 6.54 Å². The van der Waals surface area contributed by atoms with Gasteiger partial charge in [-0.05, 0) is 36.2 Å². The van der Waals surface area contributed by atoms with E-state index in [-0.39, 0.29) is 18.2 Å². The van der Waals surface area contributed by atoms with Crippen molar-refractivity contribution in [1.82, 2.24) is 0 Å². The number of amides is 2. The minimum absolute atomic E-state index is 0.156. The Balaban J connectivity index is 1.52. The van der Waals surface area contributed by atoms with E-state index in [1.807, 2.05) is 30.3 Å². The van der Waals surface area contributed by atoms with E-state index in [4.69, 9.17) is 4.74 Å². The van der Waals surface area contributed by atoms with Crippen molar-refractivity contribution in [1.29, 1.82) is 0 Å². The van der Waals surface area contributed by atoms with Crippen LogP contribution in [0.4, 0.5) is 11.4 Å². The zero-order chi connectivity index (χ0) is 19.2. The number of nitrogens with zero attached hydrogens (tertiary/aromatic N) is 1. The second-order valence-electron chi connectivity index (χ2n) is 6.00. The molecule has 1 heterocycles. The average molecular weight is 384 g/mol. The Hall–Kier alpha value is -2.80. The molecular weight excluding hydrogens is 364 g/mol. The van der Waals surface area contributed by atoms with Crippen LogP contribution in [0.15, 0.2) is 53.4 Å². The summed E-state index contributed by atoms with van der Waals surface area (Å²) in [7, 11) is 0. The van der Waals surface area contributed by atoms with Crippen LogP contribution in [0.2, 0.25) is 0 Å². The number of carbonyl (C=O) groups is 3. The summed E-state index contributed by atoms with van der Waals surface area (Å²) in [5, 5.41) is 2.68. The molecule has 0 unspecified atom stereocenters. The van der Waals surface area contributed by atoms with Crippen LogP contribution < -0.4 is 10.2 Å². The van der Waals surface area contributed by atoms with Crippen LogP contribution in [-0.4, -0.2) is 36.7 Å². The summed E-state index contributed by atoms with van der Waals surface area (Å²) in [4.78, 5) is 38.5. The van der Waals surface area contributed by atoms with E-state index in [9.17, 15) is 14.4 Å². The molecule has 0 aliphatic carbocycles. The first kappa shape index (κ1) is 19.0. The molecule has 0 spiro atoms. The molecule has 2 aromatic rings. The number of ether oxygens (including phenoxy) is 1. The lowest BCUT2D eigenvalue weighted by atomic mass is 10.1. The average Bonchev–Trinajstić information content (AvgIpc) is 2.69. The van der Waals surface area contributed by atoms with E-state index in [0.29, 0.717) is 11.4 Å². The molecule has 1 aliphatic rings. The van der Waals surface area contributed by atoms with Gasteiger partial charge >= 0.3 is 5.97 Å². The Morgan fingerprint density at radius 3 is 2.63 bits per heavy atom. The topological polar surface area (TPSA) is 75.7 Å². The number of hydrogen-bond donors (Lipinski definition) is 1. The first-order valence-electron chi connectivity index (χ1n) is 8.63. The Morgan fingerprint density at radius 1 is 1.15 bits per heavy atom. The number of hydrogen-bond acceptors (Lipinski definition) is 5. The van der Waals surface area contributed by atoms with Gasteiger partial charge in [-0.2, -0.15) is 0 Å². The van der Waals surface area contributed by atoms with E-state index in [1.165, 1.54) is 22.2 Å². The van der Waals surface area contributed by atoms with Crippen molar-refractivity contribution >= 4 is 40.9 Å². The molecule has 140 valence electrons. The summed E-state index contributed by atoms with van der Waals surface area (Å²) in [5.74, 6) is -0.926. The van der Waals surface area contributed by atoms with Crippen molar-refractivity contribution in [3.8, 4) is 0 Å². The monoisotopic (exact) mass is 384 g/mol. The highest BCUT2D eigenvalue weighted by Gasteiger charge is 2.26. The fourth-order valence-corrected chi connectivity index (χ4v) is 3.60. The fourth-order valence-electron chi connectivity index (χ4n) is 2.67. The number of carbonyl (C=O) groups excluding carboxylic acids is 3. The maximum Gasteiger partial charge on any atom is 0.326 e. The van der Waals surface area contributed by atoms with Gasteiger partial charge in [0.2, 0.25) is 5.91 Å². The molecule has 3 rings (SSSR count). The van der Waals surface area contributed by atoms with E-state index in [1.54, 1.807) is 18.2 Å². The zero-order valence-corrected chi connectivity index (χ0v) is 15.8. The summed E-state index contributed by atoms with van der Waals surface area (Å²) < 4.78 is 5.04. The standard InChI is InChI=1S/C20H20N2O4S/c1-2-14-7-9-15(10-8-14)21-18(23)12-26-20(25)11-22-16-5-3-4-6-17(16)27-13-19(22)24/h3-10H,2,11-13H2,1H3,(H,21,23). The van der Waals surface area contributed by atoms with Gasteiger partial charge in [-0.15, -0.1) is 11.8 Å². The van der Waals surface area contributed by atoms with Gasteiger partial charge in [-0.25, -0.2) is 0 Å². The van der Waals surface area contributed by atoms with Crippen LogP contribution in [0.1, 0.15) is 12.5 Å². The van der Waals surface area contributed by atoms with Crippen LogP contribution in [0, 0.1) is 0 Å². The third kappa shape index (κ3) is 4.89. The van der Waals surface area contributed by atoms with Crippen LogP contribution in [0.25, 0.3) is 0 Å². The van der Waals surface area contributed by atoms with Gasteiger partial charge in [-0.3, -0.25) is 19.3 Å². The predicted octanol–water partition coefficient (Wildman–Crippen LogP) is 2.87. The van der Waals surface area contributed by atoms with Crippen molar-refractivity contribution in [3.63, 3.8) is 0 Å². The molecule has 0 radical (unpaired) electrons. The van der Waals surface area contributed by atoms with Gasteiger partial charge in [-0.1, -0.05) is 31.2 Å². The molecule has 1 N–H and O–H groups in total. The van der Waals surface area contributed by atoms with Gasteiger partial charge in [0.15, 0.2) is 6.61 Å². The predicted molar refractivity (Wildman–Crippen MR) is 105 cm³/mol. The third-order valence-electron chi connectivity index (χ3n) is 4.11. The van der Waals surface area contributed by atoms with E-state index in [0.717, 1.165) is 11.3 Å². The maximum absolute atomic E-state index is 12.1.